The van der Waals surface area contributed by atoms with Crippen LogP contribution in [0.4, 0.5) is 0 Å². The van der Waals surface area contributed by atoms with Gasteiger partial charge in [-0.25, -0.2) is 0 Å². The van der Waals surface area contributed by atoms with Gasteiger partial charge in [0.15, 0.2) is 0 Å². The van der Waals surface area contributed by atoms with Crippen molar-refractivity contribution in [1.82, 2.24) is 10.2 Å². The fraction of sp³-hybridized carbons (Fsp3) is 1.00. The smallest absolute Gasteiger partial charge is 0.0670 e. The SMILES string of the molecule is COC(C)CN1CC(C(C)(C)C)NCC1CC(C)C. The Morgan fingerprint density at radius 1 is 1.26 bits per heavy atom. The van der Waals surface area contributed by atoms with E-state index in [1.165, 1.54) is 6.42 Å². The fourth-order valence-electron chi connectivity index (χ4n) is 2.84. The zero-order valence-corrected chi connectivity index (χ0v) is 14.0. The standard InChI is InChI=1S/C16H34N2O/c1-12(2)8-14-9-17-15(16(4,5)6)11-18(14)10-13(3)19-7/h12-15,17H,8-11H2,1-7H3. The number of rotatable bonds is 5. The molecule has 0 aliphatic carbocycles. The molecule has 1 rings (SSSR count). The lowest BCUT2D eigenvalue weighted by molar-refractivity contribution is 0.0205. The summed E-state index contributed by atoms with van der Waals surface area (Å²) in [5.74, 6) is 0.748. The Kier molecular flexibility index (Phi) is 6.28. The monoisotopic (exact) mass is 270 g/mol. The molecule has 1 fully saturated rings. The number of piperazine rings is 1. The highest BCUT2D eigenvalue weighted by Gasteiger charge is 2.34. The molecule has 1 aliphatic rings. The first-order chi connectivity index (χ1) is 8.74. The first-order valence-corrected chi connectivity index (χ1v) is 7.74. The van der Waals surface area contributed by atoms with Gasteiger partial charge in [-0.1, -0.05) is 34.6 Å². The Morgan fingerprint density at radius 3 is 2.37 bits per heavy atom. The van der Waals surface area contributed by atoms with Crippen LogP contribution in [-0.2, 0) is 4.74 Å². The van der Waals surface area contributed by atoms with Crippen LogP contribution in [0.25, 0.3) is 0 Å². The third kappa shape index (κ3) is 5.41. The van der Waals surface area contributed by atoms with Gasteiger partial charge < -0.3 is 10.1 Å². The molecule has 1 N–H and O–H groups in total. The first-order valence-electron chi connectivity index (χ1n) is 7.74. The molecule has 3 nitrogen and oxygen atoms in total. The van der Waals surface area contributed by atoms with Crippen LogP contribution in [0.3, 0.4) is 0 Å². The minimum atomic E-state index is 0.313. The van der Waals surface area contributed by atoms with Crippen molar-refractivity contribution in [3.05, 3.63) is 0 Å². The number of nitrogens with zero attached hydrogens (tertiary/aromatic N) is 1. The van der Waals surface area contributed by atoms with E-state index in [-0.39, 0.29) is 0 Å². The third-order valence-corrected chi connectivity index (χ3v) is 4.22. The van der Waals surface area contributed by atoms with E-state index >= 15 is 0 Å². The average molecular weight is 270 g/mol. The summed E-state index contributed by atoms with van der Waals surface area (Å²) in [6, 6.07) is 1.22. The second-order valence-corrected chi connectivity index (χ2v) is 7.61. The lowest BCUT2D eigenvalue weighted by Crippen LogP contribution is -2.61. The highest BCUT2D eigenvalue weighted by Crippen LogP contribution is 2.25. The largest absolute Gasteiger partial charge is 0.380 e. The Labute approximate surface area is 120 Å². The molecular formula is C16H34N2O. The van der Waals surface area contributed by atoms with E-state index in [0.29, 0.717) is 23.6 Å². The maximum Gasteiger partial charge on any atom is 0.0670 e. The van der Waals surface area contributed by atoms with Gasteiger partial charge in [0, 0.05) is 38.8 Å². The summed E-state index contributed by atoms with van der Waals surface area (Å²) < 4.78 is 5.47. The summed E-state index contributed by atoms with van der Waals surface area (Å²) >= 11 is 0. The van der Waals surface area contributed by atoms with Gasteiger partial charge in [0.05, 0.1) is 6.10 Å². The molecular weight excluding hydrogens is 236 g/mol. The van der Waals surface area contributed by atoms with E-state index in [0.717, 1.165) is 25.6 Å². The van der Waals surface area contributed by atoms with Gasteiger partial charge in [0.2, 0.25) is 0 Å². The highest BCUT2D eigenvalue weighted by atomic mass is 16.5. The molecule has 0 aromatic heterocycles. The van der Waals surface area contributed by atoms with Crippen molar-refractivity contribution in [3.63, 3.8) is 0 Å². The van der Waals surface area contributed by atoms with Crippen molar-refractivity contribution in [2.75, 3.05) is 26.7 Å². The maximum absolute atomic E-state index is 5.47. The van der Waals surface area contributed by atoms with Gasteiger partial charge >= 0.3 is 0 Å². The van der Waals surface area contributed by atoms with Gasteiger partial charge in [-0.2, -0.15) is 0 Å². The van der Waals surface area contributed by atoms with E-state index in [1.807, 2.05) is 7.11 Å². The molecule has 0 aromatic rings. The van der Waals surface area contributed by atoms with Crippen LogP contribution >= 0.6 is 0 Å². The van der Waals surface area contributed by atoms with Crippen molar-refractivity contribution in [2.24, 2.45) is 11.3 Å². The predicted octanol–water partition coefficient (Wildman–Crippen LogP) is 2.76. The van der Waals surface area contributed by atoms with Gasteiger partial charge in [0.1, 0.15) is 0 Å². The molecule has 114 valence electrons. The van der Waals surface area contributed by atoms with E-state index in [4.69, 9.17) is 4.74 Å². The topological polar surface area (TPSA) is 24.5 Å². The summed E-state index contributed by atoms with van der Waals surface area (Å²) in [5, 5.41) is 3.75. The van der Waals surface area contributed by atoms with Crippen LogP contribution in [0.1, 0.15) is 48.0 Å². The van der Waals surface area contributed by atoms with E-state index < -0.39 is 0 Å². The van der Waals surface area contributed by atoms with E-state index in [1.54, 1.807) is 0 Å². The summed E-state index contributed by atoms with van der Waals surface area (Å²) in [7, 11) is 1.81. The molecule has 1 heterocycles. The lowest BCUT2D eigenvalue weighted by atomic mass is 9.84. The number of methoxy groups -OCH3 is 1. The zero-order chi connectivity index (χ0) is 14.6. The van der Waals surface area contributed by atoms with Gasteiger partial charge in [-0.05, 0) is 24.7 Å². The van der Waals surface area contributed by atoms with Crippen molar-refractivity contribution < 1.29 is 4.74 Å². The fourth-order valence-corrected chi connectivity index (χ4v) is 2.84. The minimum absolute atomic E-state index is 0.313. The molecule has 0 aromatic carbocycles. The molecule has 1 aliphatic heterocycles. The number of hydrogen-bond donors (Lipinski definition) is 1. The van der Waals surface area contributed by atoms with Crippen LogP contribution in [0.2, 0.25) is 0 Å². The highest BCUT2D eigenvalue weighted by molar-refractivity contribution is 4.92. The van der Waals surface area contributed by atoms with Gasteiger partial charge in [0.25, 0.3) is 0 Å². The Hall–Kier alpha value is -0.120. The van der Waals surface area contributed by atoms with Crippen molar-refractivity contribution in [3.8, 4) is 0 Å². The third-order valence-electron chi connectivity index (χ3n) is 4.22. The quantitative estimate of drug-likeness (QED) is 0.831. The van der Waals surface area contributed by atoms with Crippen molar-refractivity contribution in [2.45, 2.75) is 66.2 Å². The Morgan fingerprint density at radius 2 is 1.89 bits per heavy atom. The number of nitrogens with one attached hydrogen (secondary N) is 1. The normalized spacial score (nSPS) is 27.8. The van der Waals surface area contributed by atoms with E-state index in [2.05, 4.69) is 51.8 Å². The molecule has 19 heavy (non-hydrogen) atoms. The summed E-state index contributed by atoms with van der Waals surface area (Å²) in [4.78, 5) is 2.64. The molecule has 1 saturated heterocycles. The molecule has 0 bridgehead atoms. The summed E-state index contributed by atoms with van der Waals surface area (Å²) in [6.07, 6.45) is 1.58. The number of hydrogen-bond acceptors (Lipinski definition) is 3. The molecule has 3 heteroatoms. The molecule has 0 radical (unpaired) electrons. The summed E-state index contributed by atoms with van der Waals surface area (Å²) in [5.41, 5.74) is 0.317. The average Bonchev–Trinajstić information content (AvgIpc) is 2.29. The van der Waals surface area contributed by atoms with Crippen LogP contribution in [0.5, 0.6) is 0 Å². The minimum Gasteiger partial charge on any atom is -0.380 e. The van der Waals surface area contributed by atoms with Gasteiger partial charge in [-0.15, -0.1) is 0 Å². The second-order valence-electron chi connectivity index (χ2n) is 7.61. The van der Waals surface area contributed by atoms with Crippen LogP contribution in [-0.4, -0.2) is 49.8 Å². The van der Waals surface area contributed by atoms with E-state index in [9.17, 15) is 0 Å². The predicted molar refractivity (Wildman–Crippen MR) is 82.5 cm³/mol. The van der Waals surface area contributed by atoms with Crippen molar-refractivity contribution in [1.29, 1.82) is 0 Å². The lowest BCUT2D eigenvalue weighted by Gasteiger charge is -2.46. The Bertz CT molecular complexity index is 260. The van der Waals surface area contributed by atoms with Crippen LogP contribution < -0.4 is 5.32 Å². The molecule has 0 amide bonds. The first kappa shape index (κ1) is 16.9. The molecule has 3 unspecified atom stereocenters. The van der Waals surface area contributed by atoms with Crippen molar-refractivity contribution >= 4 is 0 Å². The molecule has 3 atom stereocenters. The summed E-state index contributed by atoms with van der Waals surface area (Å²) in [6.45, 7) is 17.1. The molecule has 0 spiro atoms. The zero-order valence-electron chi connectivity index (χ0n) is 14.0. The maximum atomic E-state index is 5.47. The van der Waals surface area contributed by atoms with Crippen LogP contribution in [0, 0.1) is 11.3 Å². The van der Waals surface area contributed by atoms with Gasteiger partial charge in [-0.3, -0.25) is 4.90 Å². The second kappa shape index (κ2) is 7.05. The Balaban J connectivity index is 2.68. The number of ether oxygens (including phenoxy) is 1. The van der Waals surface area contributed by atoms with Crippen LogP contribution in [0.15, 0.2) is 0 Å². The molecule has 0 saturated carbocycles.